The lowest BCUT2D eigenvalue weighted by atomic mass is 10.1. The highest BCUT2D eigenvalue weighted by atomic mass is 16.5. The maximum atomic E-state index is 12.7. The number of ether oxygens (including phenoxy) is 1. The van der Waals surface area contributed by atoms with Crippen molar-refractivity contribution in [2.45, 2.75) is 25.8 Å². The second kappa shape index (κ2) is 9.22. The number of amides is 1. The number of benzene rings is 1. The Bertz CT molecular complexity index is 622. The Balaban J connectivity index is 2.00. The molecule has 1 aromatic rings. The van der Waals surface area contributed by atoms with Crippen LogP contribution in [-0.2, 0) is 4.79 Å². The summed E-state index contributed by atoms with van der Waals surface area (Å²) in [7, 11) is 1.55. The number of allylic oxidation sites excluding steroid dienone is 1. The van der Waals surface area contributed by atoms with Gasteiger partial charge in [0.1, 0.15) is 11.8 Å². The highest BCUT2D eigenvalue weighted by Gasteiger charge is 2.29. The number of piperazine rings is 1. The molecule has 1 unspecified atom stereocenters. The number of carbonyl (C=O) groups excluding carboxylic acids is 1. The molecule has 1 fully saturated rings. The highest BCUT2D eigenvalue weighted by molar-refractivity contribution is 5.97. The lowest BCUT2D eigenvalue weighted by Crippen LogP contribution is -2.53. The van der Waals surface area contributed by atoms with Crippen LogP contribution in [0.1, 0.15) is 30.1 Å². The highest BCUT2D eigenvalue weighted by Crippen LogP contribution is 2.20. The number of para-hydroxylation sites is 1. The first-order chi connectivity index (χ1) is 12.1. The third-order valence-electron chi connectivity index (χ3n) is 4.36. The molecule has 136 valence electrons. The van der Waals surface area contributed by atoms with Gasteiger partial charge in [0.2, 0.25) is 0 Å². The average Bonchev–Trinajstić information content (AvgIpc) is 2.64. The molecule has 6 heteroatoms. The summed E-state index contributed by atoms with van der Waals surface area (Å²) >= 11 is 0. The monoisotopic (exact) mass is 346 g/mol. The van der Waals surface area contributed by atoms with Crippen LogP contribution in [-0.4, -0.2) is 66.1 Å². The van der Waals surface area contributed by atoms with E-state index in [0.29, 0.717) is 37.5 Å². The van der Waals surface area contributed by atoms with E-state index in [4.69, 9.17) is 4.74 Å². The van der Waals surface area contributed by atoms with E-state index < -0.39 is 12.0 Å². The molecule has 0 saturated carbocycles. The van der Waals surface area contributed by atoms with Gasteiger partial charge in [-0.15, -0.1) is 0 Å². The summed E-state index contributed by atoms with van der Waals surface area (Å²) in [4.78, 5) is 27.9. The van der Waals surface area contributed by atoms with Crippen molar-refractivity contribution in [3.05, 3.63) is 42.0 Å². The maximum absolute atomic E-state index is 12.7. The van der Waals surface area contributed by atoms with Crippen molar-refractivity contribution < 1.29 is 19.4 Å². The van der Waals surface area contributed by atoms with Crippen LogP contribution in [0.3, 0.4) is 0 Å². The molecule has 0 spiro atoms. The molecule has 1 atom stereocenters. The third kappa shape index (κ3) is 4.82. The van der Waals surface area contributed by atoms with Crippen molar-refractivity contribution in [3.8, 4) is 5.75 Å². The van der Waals surface area contributed by atoms with Crippen molar-refractivity contribution in [3.63, 3.8) is 0 Å². The van der Waals surface area contributed by atoms with E-state index in [1.165, 1.54) is 0 Å². The van der Waals surface area contributed by atoms with Crippen LogP contribution in [0.2, 0.25) is 0 Å². The van der Waals surface area contributed by atoms with E-state index in [-0.39, 0.29) is 5.91 Å². The zero-order chi connectivity index (χ0) is 18.2. The molecule has 2 rings (SSSR count). The van der Waals surface area contributed by atoms with Crippen molar-refractivity contribution in [2.24, 2.45) is 0 Å². The number of carbonyl (C=O) groups is 2. The Morgan fingerprint density at radius 2 is 1.92 bits per heavy atom. The van der Waals surface area contributed by atoms with Crippen molar-refractivity contribution in [2.75, 3.05) is 33.3 Å². The van der Waals surface area contributed by atoms with Gasteiger partial charge in [-0.2, -0.15) is 0 Å². The van der Waals surface area contributed by atoms with Gasteiger partial charge in [0.15, 0.2) is 0 Å². The molecule has 1 amide bonds. The molecule has 1 saturated heterocycles. The molecule has 0 bridgehead atoms. The molecule has 1 heterocycles. The Morgan fingerprint density at radius 3 is 2.52 bits per heavy atom. The summed E-state index contributed by atoms with van der Waals surface area (Å²) in [6, 6.07) is 6.53. The number of nitrogens with zero attached hydrogens (tertiary/aromatic N) is 2. The smallest absolute Gasteiger partial charge is 0.324 e. The Hall–Kier alpha value is -2.34. The van der Waals surface area contributed by atoms with Gasteiger partial charge >= 0.3 is 5.97 Å². The fourth-order valence-electron chi connectivity index (χ4n) is 2.95. The molecule has 1 aromatic carbocycles. The number of rotatable bonds is 7. The molecule has 0 aromatic heterocycles. The number of hydrogen-bond acceptors (Lipinski definition) is 4. The minimum Gasteiger partial charge on any atom is -0.496 e. The molecule has 1 N–H and O–H groups in total. The van der Waals surface area contributed by atoms with E-state index in [2.05, 4.69) is 6.92 Å². The fourth-order valence-corrected chi connectivity index (χ4v) is 2.95. The minimum atomic E-state index is -0.850. The maximum Gasteiger partial charge on any atom is 0.324 e. The molecule has 0 radical (unpaired) electrons. The second-order valence-corrected chi connectivity index (χ2v) is 6.03. The van der Waals surface area contributed by atoms with Gasteiger partial charge in [0, 0.05) is 26.2 Å². The van der Waals surface area contributed by atoms with E-state index in [1.54, 1.807) is 30.2 Å². The zero-order valence-electron chi connectivity index (χ0n) is 14.9. The lowest BCUT2D eigenvalue weighted by molar-refractivity contribution is -0.141. The molecule has 25 heavy (non-hydrogen) atoms. The van der Waals surface area contributed by atoms with Crippen molar-refractivity contribution >= 4 is 11.9 Å². The third-order valence-corrected chi connectivity index (χ3v) is 4.36. The topological polar surface area (TPSA) is 70.1 Å². The molecule has 1 aliphatic rings. The predicted octanol–water partition coefficient (Wildman–Crippen LogP) is 2.26. The normalized spacial score (nSPS) is 16.8. The molecule has 6 nitrogen and oxygen atoms in total. The van der Waals surface area contributed by atoms with Crippen LogP contribution >= 0.6 is 0 Å². The SMILES string of the molecule is CCCC=CC(C(=O)O)N1CCN(C(=O)c2ccccc2OC)CC1. The summed E-state index contributed by atoms with van der Waals surface area (Å²) in [6.45, 7) is 4.13. The Morgan fingerprint density at radius 1 is 1.24 bits per heavy atom. The molecular weight excluding hydrogens is 320 g/mol. The second-order valence-electron chi connectivity index (χ2n) is 6.03. The van der Waals surface area contributed by atoms with Crippen LogP contribution in [0, 0.1) is 0 Å². The predicted molar refractivity (Wildman–Crippen MR) is 95.9 cm³/mol. The van der Waals surface area contributed by atoms with Crippen LogP contribution < -0.4 is 4.74 Å². The number of aliphatic carboxylic acids is 1. The lowest BCUT2D eigenvalue weighted by Gasteiger charge is -2.37. The van der Waals surface area contributed by atoms with E-state index >= 15 is 0 Å². The first kappa shape index (κ1) is 19.0. The number of carboxylic acids is 1. The number of hydrogen-bond donors (Lipinski definition) is 1. The summed E-state index contributed by atoms with van der Waals surface area (Å²) < 4.78 is 5.26. The van der Waals surface area contributed by atoms with Crippen LogP contribution in [0.25, 0.3) is 0 Å². The number of unbranched alkanes of at least 4 members (excludes halogenated alkanes) is 1. The van der Waals surface area contributed by atoms with Gasteiger partial charge in [-0.25, -0.2) is 0 Å². The van der Waals surface area contributed by atoms with Gasteiger partial charge in [-0.05, 0) is 18.6 Å². The summed E-state index contributed by atoms with van der Waals surface area (Å²) in [6.07, 6.45) is 5.54. The molecule has 1 aliphatic heterocycles. The van der Waals surface area contributed by atoms with Gasteiger partial charge in [-0.3, -0.25) is 14.5 Å². The first-order valence-corrected chi connectivity index (χ1v) is 8.64. The van der Waals surface area contributed by atoms with Gasteiger partial charge in [-0.1, -0.05) is 37.6 Å². The largest absolute Gasteiger partial charge is 0.496 e. The summed E-state index contributed by atoms with van der Waals surface area (Å²) in [5.41, 5.74) is 0.538. The minimum absolute atomic E-state index is 0.0782. The van der Waals surface area contributed by atoms with Gasteiger partial charge in [0.05, 0.1) is 12.7 Å². The number of methoxy groups -OCH3 is 1. The van der Waals surface area contributed by atoms with Crippen LogP contribution in [0.4, 0.5) is 0 Å². The van der Waals surface area contributed by atoms with Crippen LogP contribution in [0.15, 0.2) is 36.4 Å². The Kier molecular flexibility index (Phi) is 7.01. The number of carboxylic acid groups (broad SMARTS) is 1. The van der Waals surface area contributed by atoms with Crippen LogP contribution in [0.5, 0.6) is 5.75 Å². The van der Waals surface area contributed by atoms with Gasteiger partial charge in [0.25, 0.3) is 5.91 Å². The Labute approximate surface area is 148 Å². The first-order valence-electron chi connectivity index (χ1n) is 8.64. The van der Waals surface area contributed by atoms with Gasteiger partial charge < -0.3 is 14.7 Å². The molecule has 0 aliphatic carbocycles. The summed E-state index contributed by atoms with van der Waals surface area (Å²) in [5, 5.41) is 9.46. The summed E-state index contributed by atoms with van der Waals surface area (Å²) in [5.74, 6) is -0.372. The molecular formula is C19H26N2O4. The standard InChI is InChI=1S/C19H26N2O4/c1-3-4-5-9-16(19(23)24)20-11-13-21(14-12-20)18(22)15-8-6-7-10-17(15)25-2/h5-10,16H,3-4,11-14H2,1-2H3,(H,23,24). The zero-order valence-corrected chi connectivity index (χ0v) is 14.9. The fraction of sp³-hybridized carbons (Fsp3) is 0.474. The van der Waals surface area contributed by atoms with E-state index in [9.17, 15) is 14.7 Å². The quantitative estimate of drug-likeness (QED) is 0.767. The van der Waals surface area contributed by atoms with Crippen molar-refractivity contribution in [1.82, 2.24) is 9.80 Å². The van der Waals surface area contributed by atoms with Crippen molar-refractivity contribution in [1.29, 1.82) is 0 Å². The van der Waals surface area contributed by atoms with E-state index in [0.717, 1.165) is 12.8 Å². The van der Waals surface area contributed by atoms with E-state index in [1.807, 2.05) is 23.1 Å². The average molecular weight is 346 g/mol.